The van der Waals surface area contributed by atoms with Gasteiger partial charge >= 0.3 is 0 Å². The van der Waals surface area contributed by atoms with Crippen LogP contribution in [-0.2, 0) is 0 Å². The van der Waals surface area contributed by atoms with Gasteiger partial charge in [-0.1, -0.05) is 127 Å². The zero-order chi connectivity index (χ0) is 30.9. The lowest BCUT2D eigenvalue weighted by Crippen LogP contribution is -1.94. The molecule has 2 heterocycles. The molecule has 2 nitrogen and oxygen atoms in total. The van der Waals surface area contributed by atoms with Gasteiger partial charge in [-0.3, -0.25) is 0 Å². The summed E-state index contributed by atoms with van der Waals surface area (Å²) in [5.41, 5.74) is 9.09. The summed E-state index contributed by atoms with van der Waals surface area (Å²) >= 11 is 0. The zero-order valence-corrected chi connectivity index (χ0v) is 25.6. The average Bonchev–Trinajstić information content (AvgIpc) is 3.48. The Kier molecular flexibility index (Phi) is 5.61. The lowest BCUT2D eigenvalue weighted by atomic mass is 9.93. The Morgan fingerprint density at radius 3 is 1.81 bits per heavy atom. The summed E-state index contributed by atoms with van der Waals surface area (Å²) in [7, 11) is 0. The summed E-state index contributed by atoms with van der Waals surface area (Å²) in [5, 5.41) is 11.1. The predicted molar refractivity (Wildman–Crippen MR) is 199 cm³/mol. The van der Waals surface area contributed by atoms with E-state index in [0.717, 1.165) is 22.5 Å². The molecule has 0 aliphatic heterocycles. The lowest BCUT2D eigenvalue weighted by molar-refractivity contribution is 1.18. The van der Waals surface area contributed by atoms with E-state index in [0.29, 0.717) is 0 Å². The van der Waals surface area contributed by atoms with Crippen LogP contribution in [0.25, 0.3) is 93.1 Å². The average molecular weight is 597 g/mol. The van der Waals surface area contributed by atoms with Gasteiger partial charge < -0.3 is 4.57 Å². The third-order valence-electron chi connectivity index (χ3n) is 9.72. The highest BCUT2D eigenvalue weighted by Crippen LogP contribution is 2.40. The molecule has 0 unspecified atom stereocenters. The number of hydrogen-bond acceptors (Lipinski definition) is 1. The molecule has 0 atom stereocenters. The number of rotatable bonds is 3. The smallest absolute Gasteiger partial charge is 0.0788 e. The topological polar surface area (TPSA) is 17.8 Å². The highest BCUT2D eigenvalue weighted by Gasteiger charge is 2.16. The van der Waals surface area contributed by atoms with Gasteiger partial charge in [0.2, 0.25) is 0 Å². The first-order chi connectivity index (χ1) is 23.3. The largest absolute Gasteiger partial charge is 0.309 e. The molecule has 0 amide bonds. The number of nitrogens with zero attached hydrogens (tertiary/aromatic N) is 2. The van der Waals surface area contributed by atoms with E-state index in [2.05, 4.69) is 174 Å². The molecule has 10 rings (SSSR count). The van der Waals surface area contributed by atoms with Gasteiger partial charge in [0.15, 0.2) is 0 Å². The molecule has 47 heavy (non-hydrogen) atoms. The van der Waals surface area contributed by atoms with Crippen LogP contribution < -0.4 is 0 Å². The lowest BCUT2D eigenvalue weighted by Gasteiger charge is -2.15. The standard InChI is InChI=1S/C45H28N2/c1-2-12-31-26-34(21-20-29(31)10-1)45-39-24-22-30-11-3-4-15-36(30)44(39)40-28-33(23-25-41(40)46-45)32-13-9-14-35(27-32)47-42-18-7-5-16-37(42)38-17-6-8-19-43(38)47/h1-28H. The first kappa shape index (κ1) is 26.0. The van der Waals surface area contributed by atoms with Crippen molar-refractivity contribution < 1.29 is 0 Å². The van der Waals surface area contributed by atoms with Gasteiger partial charge in [-0.2, -0.15) is 0 Å². The Balaban J connectivity index is 1.21. The molecule has 10 aromatic rings. The van der Waals surface area contributed by atoms with Crippen molar-refractivity contribution in [1.29, 1.82) is 0 Å². The van der Waals surface area contributed by atoms with Crippen molar-refractivity contribution in [2.24, 2.45) is 0 Å². The number of benzene rings is 8. The van der Waals surface area contributed by atoms with Crippen LogP contribution in [0.4, 0.5) is 0 Å². The monoisotopic (exact) mass is 596 g/mol. The first-order valence-electron chi connectivity index (χ1n) is 16.1. The van der Waals surface area contributed by atoms with Crippen LogP contribution in [0.15, 0.2) is 170 Å². The van der Waals surface area contributed by atoms with Crippen LogP contribution >= 0.6 is 0 Å². The maximum absolute atomic E-state index is 5.34. The SMILES string of the molecule is c1cc(-c2ccc3nc(-c4ccc5ccccc5c4)c4ccc5ccccc5c4c3c2)cc(-n2c3ccccc3c3ccccc32)c1. The van der Waals surface area contributed by atoms with E-state index < -0.39 is 0 Å². The molecule has 0 saturated carbocycles. The molecule has 0 fully saturated rings. The van der Waals surface area contributed by atoms with Gasteiger partial charge in [-0.15, -0.1) is 0 Å². The number of pyridine rings is 1. The molecule has 0 N–H and O–H groups in total. The minimum Gasteiger partial charge on any atom is -0.309 e. The summed E-state index contributed by atoms with van der Waals surface area (Å²) in [6.45, 7) is 0. The Morgan fingerprint density at radius 1 is 0.362 bits per heavy atom. The Labute approximate surface area is 271 Å². The number of aromatic nitrogens is 2. The maximum atomic E-state index is 5.34. The van der Waals surface area contributed by atoms with Crippen LogP contribution in [0.5, 0.6) is 0 Å². The van der Waals surface area contributed by atoms with Crippen molar-refractivity contribution in [2.75, 3.05) is 0 Å². The second-order valence-electron chi connectivity index (χ2n) is 12.4. The van der Waals surface area contributed by atoms with E-state index in [9.17, 15) is 0 Å². The van der Waals surface area contributed by atoms with Crippen LogP contribution in [0.3, 0.4) is 0 Å². The second-order valence-corrected chi connectivity index (χ2v) is 12.4. The molecular weight excluding hydrogens is 569 g/mol. The number of para-hydroxylation sites is 2. The molecular formula is C45H28N2. The fourth-order valence-electron chi connectivity index (χ4n) is 7.54. The quantitative estimate of drug-likeness (QED) is 0.186. The molecule has 2 aromatic heterocycles. The van der Waals surface area contributed by atoms with Crippen LogP contribution in [0, 0.1) is 0 Å². The number of hydrogen-bond donors (Lipinski definition) is 0. The van der Waals surface area contributed by atoms with Gasteiger partial charge in [-0.25, -0.2) is 4.98 Å². The van der Waals surface area contributed by atoms with Crippen molar-refractivity contribution in [3.8, 4) is 28.1 Å². The van der Waals surface area contributed by atoms with Crippen molar-refractivity contribution in [3.05, 3.63) is 170 Å². The van der Waals surface area contributed by atoms with Gasteiger partial charge in [0.25, 0.3) is 0 Å². The molecule has 8 aromatic carbocycles. The molecule has 0 saturated heterocycles. The second kappa shape index (κ2) is 10.1. The molecule has 0 aliphatic rings. The molecule has 218 valence electrons. The number of fused-ring (bicyclic) bond motifs is 9. The van der Waals surface area contributed by atoms with E-state index in [4.69, 9.17) is 4.98 Å². The predicted octanol–water partition coefficient (Wildman–Crippen LogP) is 12.1. The van der Waals surface area contributed by atoms with Gasteiger partial charge in [0, 0.05) is 38.2 Å². The van der Waals surface area contributed by atoms with Crippen LogP contribution in [-0.4, -0.2) is 9.55 Å². The summed E-state index contributed by atoms with van der Waals surface area (Å²) in [6.07, 6.45) is 0. The van der Waals surface area contributed by atoms with E-state index in [1.165, 1.54) is 70.6 Å². The molecule has 0 spiro atoms. The van der Waals surface area contributed by atoms with Gasteiger partial charge in [0.05, 0.1) is 22.2 Å². The van der Waals surface area contributed by atoms with E-state index >= 15 is 0 Å². The fourth-order valence-corrected chi connectivity index (χ4v) is 7.54. The summed E-state index contributed by atoms with van der Waals surface area (Å²) in [5.74, 6) is 0. The van der Waals surface area contributed by atoms with Crippen LogP contribution in [0.2, 0.25) is 0 Å². The highest BCUT2D eigenvalue weighted by atomic mass is 15.0. The summed E-state index contributed by atoms with van der Waals surface area (Å²) in [6, 6.07) is 61.5. The zero-order valence-electron chi connectivity index (χ0n) is 25.6. The van der Waals surface area contributed by atoms with Crippen molar-refractivity contribution in [3.63, 3.8) is 0 Å². The summed E-state index contributed by atoms with van der Waals surface area (Å²) in [4.78, 5) is 5.34. The third-order valence-corrected chi connectivity index (χ3v) is 9.72. The Bertz CT molecular complexity index is 2800. The normalized spacial score (nSPS) is 11.8. The first-order valence-corrected chi connectivity index (χ1v) is 16.1. The minimum atomic E-state index is 0.999. The van der Waals surface area contributed by atoms with Crippen molar-refractivity contribution in [2.45, 2.75) is 0 Å². The van der Waals surface area contributed by atoms with Crippen LogP contribution in [0.1, 0.15) is 0 Å². The highest BCUT2D eigenvalue weighted by molar-refractivity contribution is 6.23. The molecule has 0 aliphatic carbocycles. The maximum Gasteiger partial charge on any atom is 0.0788 e. The van der Waals surface area contributed by atoms with Gasteiger partial charge in [-0.05, 0) is 75.1 Å². The fraction of sp³-hybridized carbons (Fsp3) is 0. The third kappa shape index (κ3) is 4.02. The van der Waals surface area contributed by atoms with E-state index in [1.54, 1.807) is 0 Å². The van der Waals surface area contributed by atoms with Gasteiger partial charge in [0.1, 0.15) is 0 Å². The minimum absolute atomic E-state index is 0.999. The Morgan fingerprint density at radius 2 is 1.00 bits per heavy atom. The molecule has 2 heteroatoms. The Hall–Kier alpha value is -6.25. The summed E-state index contributed by atoms with van der Waals surface area (Å²) < 4.78 is 2.38. The van der Waals surface area contributed by atoms with E-state index in [-0.39, 0.29) is 0 Å². The van der Waals surface area contributed by atoms with E-state index in [1.807, 2.05) is 0 Å². The molecule has 0 bridgehead atoms. The van der Waals surface area contributed by atoms with Crippen molar-refractivity contribution >= 4 is 65.0 Å². The van der Waals surface area contributed by atoms with Crippen molar-refractivity contribution in [1.82, 2.24) is 9.55 Å². The molecule has 0 radical (unpaired) electrons.